The number of likely N-dealkylation sites (tertiary alicyclic amines) is 1. The molecule has 0 aliphatic carbocycles. The van der Waals surface area contributed by atoms with E-state index in [4.69, 9.17) is 0 Å². The van der Waals surface area contributed by atoms with Crippen molar-refractivity contribution in [1.29, 1.82) is 0 Å². The first kappa shape index (κ1) is 15.2. The highest BCUT2D eigenvalue weighted by Crippen LogP contribution is 2.24. The molecule has 0 radical (unpaired) electrons. The second-order valence-electron chi connectivity index (χ2n) is 4.92. The Labute approximate surface area is 127 Å². The lowest BCUT2D eigenvalue weighted by molar-refractivity contribution is 0.0943. The van der Waals surface area contributed by atoms with Gasteiger partial charge in [0.05, 0.1) is 11.4 Å². The number of rotatable bonds is 6. The van der Waals surface area contributed by atoms with E-state index >= 15 is 0 Å². The van der Waals surface area contributed by atoms with Gasteiger partial charge in [0, 0.05) is 23.6 Å². The Hall–Kier alpha value is -0.230. The lowest BCUT2D eigenvalue weighted by Crippen LogP contribution is -2.38. The molecule has 106 valence electrons. The topological polar surface area (TPSA) is 23.6 Å². The second-order valence-corrected chi connectivity index (χ2v) is 6.69. The average Bonchev–Trinajstić information content (AvgIpc) is 3.00. The van der Waals surface area contributed by atoms with Crippen molar-refractivity contribution in [1.82, 2.24) is 9.80 Å². The molecule has 1 aliphatic rings. The largest absolute Gasteiger partial charge is 0.300 e. The average molecular weight is 345 g/mol. The fourth-order valence-corrected chi connectivity index (χ4v) is 4.29. The molecule has 0 N–H and O–H groups in total. The Morgan fingerprint density at radius 2 is 2.26 bits per heavy atom. The number of ketones is 1. The summed E-state index contributed by atoms with van der Waals surface area (Å²) in [6.07, 6.45) is 1.18. The van der Waals surface area contributed by atoms with E-state index in [1.165, 1.54) is 17.8 Å². The first-order valence-corrected chi connectivity index (χ1v) is 8.55. The van der Waals surface area contributed by atoms with E-state index in [0.29, 0.717) is 12.6 Å². The molecule has 3 nitrogen and oxygen atoms in total. The minimum atomic E-state index is 0.238. The minimum absolute atomic E-state index is 0.238. The molecule has 1 unspecified atom stereocenters. The third-order valence-corrected chi connectivity index (χ3v) is 5.69. The lowest BCUT2D eigenvalue weighted by Gasteiger charge is -2.26. The van der Waals surface area contributed by atoms with Crippen LogP contribution in [0.2, 0.25) is 0 Å². The Morgan fingerprint density at radius 3 is 2.84 bits per heavy atom. The fraction of sp³-hybridized carbons (Fsp3) is 0.643. The van der Waals surface area contributed by atoms with Gasteiger partial charge >= 0.3 is 0 Å². The lowest BCUT2D eigenvalue weighted by atomic mass is 10.2. The summed E-state index contributed by atoms with van der Waals surface area (Å²) in [5, 5.41) is 1.96. The predicted molar refractivity (Wildman–Crippen MR) is 84.1 cm³/mol. The van der Waals surface area contributed by atoms with E-state index in [-0.39, 0.29) is 5.78 Å². The Kier molecular flexibility index (Phi) is 5.57. The van der Waals surface area contributed by atoms with E-state index in [2.05, 4.69) is 39.6 Å². The van der Waals surface area contributed by atoms with E-state index in [9.17, 15) is 4.79 Å². The maximum Gasteiger partial charge on any atom is 0.187 e. The van der Waals surface area contributed by atoms with Crippen LogP contribution in [-0.2, 0) is 0 Å². The first-order chi connectivity index (χ1) is 9.15. The van der Waals surface area contributed by atoms with Gasteiger partial charge in [-0.25, -0.2) is 0 Å². The third kappa shape index (κ3) is 3.66. The van der Waals surface area contributed by atoms with Gasteiger partial charge in [-0.15, -0.1) is 11.3 Å². The van der Waals surface area contributed by atoms with Gasteiger partial charge < -0.3 is 0 Å². The van der Waals surface area contributed by atoms with Crippen molar-refractivity contribution in [2.75, 3.05) is 32.7 Å². The molecule has 0 spiro atoms. The zero-order valence-corrected chi connectivity index (χ0v) is 14.0. The third-order valence-electron chi connectivity index (χ3n) is 3.81. The van der Waals surface area contributed by atoms with Crippen LogP contribution in [0.25, 0.3) is 0 Å². The van der Waals surface area contributed by atoms with Gasteiger partial charge in [-0.2, -0.15) is 0 Å². The van der Waals surface area contributed by atoms with Crippen molar-refractivity contribution in [3.8, 4) is 0 Å². The molecular formula is C14H21BrN2OS. The van der Waals surface area contributed by atoms with Crippen LogP contribution >= 0.6 is 27.3 Å². The molecular weight excluding hydrogens is 324 g/mol. The molecule has 2 heterocycles. The Morgan fingerprint density at radius 1 is 1.53 bits per heavy atom. The van der Waals surface area contributed by atoms with E-state index in [1.807, 2.05) is 11.4 Å². The number of carbonyl (C=O) groups excluding carboxylic acids is 1. The molecule has 0 bridgehead atoms. The summed E-state index contributed by atoms with van der Waals surface area (Å²) in [7, 11) is 0. The van der Waals surface area contributed by atoms with Gasteiger partial charge in [-0.1, -0.05) is 13.8 Å². The van der Waals surface area contributed by atoms with Crippen molar-refractivity contribution in [2.45, 2.75) is 26.3 Å². The van der Waals surface area contributed by atoms with E-state index in [1.54, 1.807) is 0 Å². The molecule has 0 saturated carbocycles. The number of halogens is 1. The molecule has 5 heteroatoms. The van der Waals surface area contributed by atoms with Crippen molar-refractivity contribution < 1.29 is 4.79 Å². The smallest absolute Gasteiger partial charge is 0.187 e. The maximum atomic E-state index is 12.2. The van der Waals surface area contributed by atoms with Crippen LogP contribution in [-0.4, -0.2) is 54.3 Å². The molecule has 0 amide bonds. The van der Waals surface area contributed by atoms with Crippen molar-refractivity contribution >= 4 is 33.0 Å². The highest BCUT2D eigenvalue weighted by molar-refractivity contribution is 9.10. The van der Waals surface area contributed by atoms with E-state index < -0.39 is 0 Å². The summed E-state index contributed by atoms with van der Waals surface area (Å²) in [5.74, 6) is 0.238. The number of hydrogen-bond donors (Lipinski definition) is 0. The van der Waals surface area contributed by atoms with Crippen LogP contribution < -0.4 is 0 Å². The van der Waals surface area contributed by atoms with Crippen molar-refractivity contribution in [3.63, 3.8) is 0 Å². The number of thiophene rings is 1. The van der Waals surface area contributed by atoms with Crippen LogP contribution in [0.15, 0.2) is 15.9 Å². The molecule has 2 rings (SSSR count). The Balaban J connectivity index is 1.88. The molecule has 1 fully saturated rings. The summed E-state index contributed by atoms with van der Waals surface area (Å²) < 4.78 is 0.932. The molecule has 0 aromatic carbocycles. The molecule has 1 atom stereocenters. The van der Waals surface area contributed by atoms with Crippen molar-refractivity contribution in [2.24, 2.45) is 0 Å². The number of Topliss-reactive ketones (excluding diaryl/α,β-unsaturated/α-hetero) is 1. The highest BCUT2D eigenvalue weighted by atomic mass is 79.9. The standard InChI is InChI=1S/C14H21BrN2OS/c1-3-17(4-2)11-5-7-16(9-11)10-13(18)14-12(15)6-8-19-14/h6,8,11H,3-5,7,9-10H2,1-2H3. The quantitative estimate of drug-likeness (QED) is 0.740. The number of carbonyl (C=O) groups is 1. The predicted octanol–water partition coefficient (Wildman–Crippen LogP) is 3.11. The number of nitrogens with zero attached hydrogens (tertiary/aromatic N) is 2. The monoisotopic (exact) mass is 344 g/mol. The zero-order valence-electron chi connectivity index (χ0n) is 11.6. The van der Waals surface area contributed by atoms with Gasteiger partial charge in [0.15, 0.2) is 5.78 Å². The van der Waals surface area contributed by atoms with Crippen LogP contribution in [0.5, 0.6) is 0 Å². The molecule has 1 aliphatic heterocycles. The van der Waals surface area contributed by atoms with Crippen LogP contribution in [0.1, 0.15) is 29.9 Å². The Bertz CT molecular complexity index is 431. The highest BCUT2D eigenvalue weighted by Gasteiger charge is 2.27. The summed E-state index contributed by atoms with van der Waals surface area (Å²) in [6.45, 7) is 9.22. The van der Waals surface area contributed by atoms with Crippen LogP contribution in [0.3, 0.4) is 0 Å². The van der Waals surface area contributed by atoms with Crippen LogP contribution in [0.4, 0.5) is 0 Å². The van der Waals surface area contributed by atoms with Crippen LogP contribution in [0, 0.1) is 0 Å². The zero-order chi connectivity index (χ0) is 13.8. The number of hydrogen-bond acceptors (Lipinski definition) is 4. The summed E-state index contributed by atoms with van der Waals surface area (Å²) in [5.41, 5.74) is 0. The van der Waals surface area contributed by atoms with Gasteiger partial charge in [0.1, 0.15) is 0 Å². The summed E-state index contributed by atoms with van der Waals surface area (Å²) in [6, 6.07) is 2.57. The van der Waals surface area contributed by atoms with Gasteiger partial charge in [-0.3, -0.25) is 14.6 Å². The van der Waals surface area contributed by atoms with Gasteiger partial charge in [0.2, 0.25) is 0 Å². The summed E-state index contributed by atoms with van der Waals surface area (Å²) in [4.78, 5) is 17.9. The minimum Gasteiger partial charge on any atom is -0.300 e. The molecule has 1 saturated heterocycles. The number of likely N-dealkylation sites (N-methyl/N-ethyl adjacent to an activating group) is 1. The normalized spacial score (nSPS) is 20.3. The maximum absolute atomic E-state index is 12.2. The van der Waals surface area contributed by atoms with Gasteiger partial charge in [-0.05, 0) is 46.9 Å². The van der Waals surface area contributed by atoms with E-state index in [0.717, 1.165) is 35.5 Å². The summed E-state index contributed by atoms with van der Waals surface area (Å²) >= 11 is 4.96. The first-order valence-electron chi connectivity index (χ1n) is 6.88. The van der Waals surface area contributed by atoms with Crippen molar-refractivity contribution in [3.05, 3.63) is 20.8 Å². The van der Waals surface area contributed by atoms with Gasteiger partial charge in [0.25, 0.3) is 0 Å². The molecule has 1 aromatic heterocycles. The molecule has 1 aromatic rings. The second kappa shape index (κ2) is 6.97. The molecule has 19 heavy (non-hydrogen) atoms. The SMILES string of the molecule is CCN(CC)C1CCN(CC(=O)c2sccc2Br)C1. The fourth-order valence-electron chi connectivity index (χ4n) is 2.76.